The molecule has 2 N–H and O–H groups in total. The summed E-state index contributed by atoms with van der Waals surface area (Å²) in [5.41, 5.74) is 3.04. The summed E-state index contributed by atoms with van der Waals surface area (Å²) in [4.78, 5) is 29.9. The summed E-state index contributed by atoms with van der Waals surface area (Å²) in [5.74, 6) is -0.414. The van der Waals surface area contributed by atoms with Gasteiger partial charge in [0.05, 0.1) is 24.4 Å². The van der Waals surface area contributed by atoms with E-state index in [0.29, 0.717) is 17.8 Å². The Kier molecular flexibility index (Phi) is 6.05. The second-order valence-corrected chi connectivity index (χ2v) is 6.51. The SMILES string of the molecule is CCOC(=O)C1=C(CN(C)C(C)c2ccc(-n3cncn3)cc2)NC(=O)NC1. The smallest absolute Gasteiger partial charge is 0.337 e. The lowest BCUT2D eigenvalue weighted by atomic mass is 10.1. The van der Waals surface area contributed by atoms with Gasteiger partial charge in [0.1, 0.15) is 12.7 Å². The Hall–Kier alpha value is -3.20. The summed E-state index contributed by atoms with van der Waals surface area (Å²) in [6, 6.07) is 7.75. The average molecular weight is 384 g/mol. The third-order valence-electron chi connectivity index (χ3n) is 4.70. The number of nitrogens with one attached hydrogen (secondary N) is 2. The highest BCUT2D eigenvalue weighted by Gasteiger charge is 2.25. The first-order valence-corrected chi connectivity index (χ1v) is 9.08. The van der Waals surface area contributed by atoms with Gasteiger partial charge in [0.2, 0.25) is 0 Å². The molecule has 1 aromatic heterocycles. The second kappa shape index (κ2) is 8.66. The fourth-order valence-electron chi connectivity index (χ4n) is 2.97. The Balaban J connectivity index is 1.74. The minimum Gasteiger partial charge on any atom is -0.463 e. The molecule has 0 saturated carbocycles. The number of amides is 2. The molecule has 2 heterocycles. The van der Waals surface area contributed by atoms with Crippen molar-refractivity contribution in [3.63, 3.8) is 0 Å². The van der Waals surface area contributed by atoms with Crippen molar-refractivity contribution in [2.24, 2.45) is 0 Å². The summed E-state index contributed by atoms with van der Waals surface area (Å²) < 4.78 is 6.80. The molecule has 0 radical (unpaired) electrons. The number of hydrogen-bond donors (Lipinski definition) is 2. The Morgan fingerprint density at radius 2 is 2.11 bits per heavy atom. The zero-order valence-electron chi connectivity index (χ0n) is 16.2. The number of carbonyl (C=O) groups is 2. The van der Waals surface area contributed by atoms with Crippen LogP contribution in [0.2, 0.25) is 0 Å². The second-order valence-electron chi connectivity index (χ2n) is 6.51. The Labute approximate surface area is 163 Å². The first-order chi connectivity index (χ1) is 13.5. The molecule has 3 rings (SSSR count). The maximum Gasteiger partial charge on any atom is 0.337 e. The highest BCUT2D eigenvalue weighted by Crippen LogP contribution is 2.22. The summed E-state index contributed by atoms with van der Waals surface area (Å²) in [6.07, 6.45) is 3.14. The largest absolute Gasteiger partial charge is 0.463 e. The van der Waals surface area contributed by atoms with E-state index >= 15 is 0 Å². The number of benzene rings is 1. The van der Waals surface area contributed by atoms with Crippen LogP contribution in [0.1, 0.15) is 25.5 Å². The molecule has 1 aliphatic heterocycles. The van der Waals surface area contributed by atoms with E-state index in [-0.39, 0.29) is 25.2 Å². The molecule has 9 nitrogen and oxygen atoms in total. The number of carbonyl (C=O) groups excluding carboxylic acids is 2. The van der Waals surface area contributed by atoms with Crippen molar-refractivity contribution in [3.8, 4) is 5.69 Å². The number of aromatic nitrogens is 3. The number of ether oxygens (including phenoxy) is 1. The van der Waals surface area contributed by atoms with Gasteiger partial charge in [-0.15, -0.1) is 0 Å². The van der Waals surface area contributed by atoms with Crippen LogP contribution < -0.4 is 10.6 Å². The van der Waals surface area contributed by atoms with Crippen molar-refractivity contribution in [1.29, 1.82) is 0 Å². The van der Waals surface area contributed by atoms with Crippen molar-refractivity contribution in [1.82, 2.24) is 30.3 Å². The predicted molar refractivity (Wildman–Crippen MR) is 103 cm³/mol. The third-order valence-corrected chi connectivity index (χ3v) is 4.70. The van der Waals surface area contributed by atoms with E-state index in [1.807, 2.05) is 31.3 Å². The van der Waals surface area contributed by atoms with Gasteiger partial charge in [-0.2, -0.15) is 5.10 Å². The van der Waals surface area contributed by atoms with Crippen molar-refractivity contribution < 1.29 is 14.3 Å². The Morgan fingerprint density at radius 3 is 2.75 bits per heavy atom. The molecule has 1 aromatic carbocycles. The molecule has 2 amide bonds. The van der Waals surface area contributed by atoms with Crippen molar-refractivity contribution in [3.05, 3.63) is 53.8 Å². The highest BCUT2D eigenvalue weighted by atomic mass is 16.5. The van der Waals surface area contributed by atoms with E-state index in [4.69, 9.17) is 4.74 Å². The van der Waals surface area contributed by atoms with Gasteiger partial charge in [0.25, 0.3) is 0 Å². The van der Waals surface area contributed by atoms with Gasteiger partial charge in [0, 0.05) is 18.3 Å². The van der Waals surface area contributed by atoms with Crippen LogP contribution in [0.25, 0.3) is 5.69 Å². The van der Waals surface area contributed by atoms with Crippen LogP contribution in [0.15, 0.2) is 48.2 Å². The molecule has 2 aromatic rings. The predicted octanol–water partition coefficient (Wildman–Crippen LogP) is 1.39. The van der Waals surface area contributed by atoms with Gasteiger partial charge in [0.15, 0.2) is 0 Å². The molecular formula is C19H24N6O3. The normalized spacial score (nSPS) is 15.2. The van der Waals surface area contributed by atoms with E-state index in [9.17, 15) is 9.59 Å². The standard InChI is InChI=1S/C19H24N6O3/c1-4-28-18(26)16-9-21-19(27)23-17(16)10-24(3)13(2)14-5-7-15(8-6-14)25-12-20-11-22-25/h5-8,11-13H,4,9-10H2,1-3H3,(H2,21,23,27). The zero-order valence-corrected chi connectivity index (χ0v) is 16.2. The minimum absolute atomic E-state index is 0.0625. The number of rotatable bonds is 7. The molecule has 148 valence electrons. The molecule has 0 spiro atoms. The Bertz CT molecular complexity index is 860. The fraction of sp³-hybridized carbons (Fsp3) is 0.368. The average Bonchev–Trinajstić information content (AvgIpc) is 3.22. The van der Waals surface area contributed by atoms with Gasteiger partial charge in [-0.3, -0.25) is 4.90 Å². The molecule has 0 saturated heterocycles. The first kappa shape index (κ1) is 19.6. The summed E-state index contributed by atoms with van der Waals surface area (Å²) in [7, 11) is 1.94. The molecular weight excluding hydrogens is 360 g/mol. The number of nitrogens with zero attached hydrogens (tertiary/aromatic N) is 4. The molecule has 28 heavy (non-hydrogen) atoms. The molecule has 0 bridgehead atoms. The molecule has 0 fully saturated rings. The van der Waals surface area contributed by atoms with Crippen molar-refractivity contribution >= 4 is 12.0 Å². The number of urea groups is 1. The maximum absolute atomic E-state index is 12.2. The van der Waals surface area contributed by atoms with Crippen LogP contribution in [0.3, 0.4) is 0 Å². The van der Waals surface area contributed by atoms with Crippen molar-refractivity contribution in [2.45, 2.75) is 19.9 Å². The van der Waals surface area contributed by atoms with E-state index in [0.717, 1.165) is 11.3 Å². The lowest BCUT2D eigenvalue weighted by Crippen LogP contribution is -2.46. The van der Waals surface area contributed by atoms with E-state index < -0.39 is 5.97 Å². The quantitative estimate of drug-likeness (QED) is 0.700. The van der Waals surface area contributed by atoms with Crippen LogP contribution in [0.5, 0.6) is 0 Å². The molecule has 1 atom stereocenters. The van der Waals surface area contributed by atoms with E-state index in [1.54, 1.807) is 17.9 Å². The molecule has 9 heteroatoms. The third kappa shape index (κ3) is 4.37. The summed E-state index contributed by atoms with van der Waals surface area (Å²) in [5, 5.41) is 9.47. The number of hydrogen-bond acceptors (Lipinski definition) is 6. The lowest BCUT2D eigenvalue weighted by Gasteiger charge is -2.29. The fourth-order valence-corrected chi connectivity index (χ4v) is 2.97. The monoisotopic (exact) mass is 384 g/mol. The van der Waals surface area contributed by atoms with Crippen molar-refractivity contribution in [2.75, 3.05) is 26.7 Å². The van der Waals surface area contributed by atoms with Crippen LogP contribution in [0, 0.1) is 0 Å². The van der Waals surface area contributed by atoms with Crippen LogP contribution in [0.4, 0.5) is 4.79 Å². The van der Waals surface area contributed by atoms with Gasteiger partial charge >= 0.3 is 12.0 Å². The van der Waals surface area contributed by atoms with Crippen LogP contribution in [-0.2, 0) is 9.53 Å². The first-order valence-electron chi connectivity index (χ1n) is 9.08. The number of esters is 1. The van der Waals surface area contributed by atoms with Gasteiger partial charge in [-0.1, -0.05) is 12.1 Å². The molecule has 1 unspecified atom stereocenters. The topological polar surface area (TPSA) is 101 Å². The lowest BCUT2D eigenvalue weighted by molar-refractivity contribution is -0.138. The highest BCUT2D eigenvalue weighted by molar-refractivity contribution is 5.93. The van der Waals surface area contributed by atoms with Gasteiger partial charge in [-0.25, -0.2) is 19.3 Å². The van der Waals surface area contributed by atoms with Gasteiger partial charge in [-0.05, 0) is 38.6 Å². The maximum atomic E-state index is 12.2. The van der Waals surface area contributed by atoms with E-state index in [2.05, 4.69) is 32.5 Å². The summed E-state index contributed by atoms with van der Waals surface area (Å²) >= 11 is 0. The van der Waals surface area contributed by atoms with Crippen LogP contribution >= 0.6 is 0 Å². The Morgan fingerprint density at radius 1 is 1.36 bits per heavy atom. The van der Waals surface area contributed by atoms with Gasteiger partial charge < -0.3 is 15.4 Å². The minimum atomic E-state index is -0.414. The molecule has 0 aliphatic carbocycles. The number of likely N-dealkylation sites (N-methyl/N-ethyl adjacent to an activating group) is 1. The molecule has 1 aliphatic rings. The van der Waals surface area contributed by atoms with E-state index in [1.165, 1.54) is 6.33 Å². The van der Waals surface area contributed by atoms with Crippen LogP contribution in [-0.4, -0.2) is 58.4 Å². The zero-order chi connectivity index (χ0) is 20.1. The summed E-state index contributed by atoms with van der Waals surface area (Å²) in [6.45, 7) is 4.68.